The van der Waals surface area contributed by atoms with Gasteiger partial charge in [-0.3, -0.25) is 4.79 Å². The van der Waals surface area contributed by atoms with E-state index in [1.807, 2.05) is 0 Å². The summed E-state index contributed by atoms with van der Waals surface area (Å²) in [5.74, 6) is 1.61. The molecule has 3 heteroatoms. The Bertz CT molecular complexity index is 251. The van der Waals surface area contributed by atoms with Crippen LogP contribution in [0.15, 0.2) is 0 Å². The Morgan fingerprint density at radius 2 is 1.65 bits per heavy atom. The summed E-state index contributed by atoms with van der Waals surface area (Å²) in [6.07, 6.45) is 5.83. The van der Waals surface area contributed by atoms with Crippen LogP contribution in [0.25, 0.3) is 0 Å². The van der Waals surface area contributed by atoms with E-state index in [4.69, 9.17) is 0 Å². The van der Waals surface area contributed by atoms with Gasteiger partial charge in [-0.1, -0.05) is 13.3 Å². The number of piperidine rings is 2. The van der Waals surface area contributed by atoms with Gasteiger partial charge in [0.1, 0.15) is 0 Å². The molecule has 0 bridgehead atoms. The molecule has 2 fully saturated rings. The lowest BCUT2D eigenvalue weighted by molar-refractivity contribution is -0.138. The Balaban J connectivity index is 1.80. The van der Waals surface area contributed by atoms with Crippen molar-refractivity contribution in [1.29, 1.82) is 0 Å². The van der Waals surface area contributed by atoms with Gasteiger partial charge in [0.2, 0.25) is 5.91 Å². The summed E-state index contributed by atoms with van der Waals surface area (Å²) in [6, 6.07) is 0. The molecule has 2 aliphatic heterocycles. The van der Waals surface area contributed by atoms with Crippen LogP contribution in [0.5, 0.6) is 0 Å². The smallest absolute Gasteiger partial charge is 0.225 e. The van der Waals surface area contributed by atoms with Crippen LogP contribution in [0.2, 0.25) is 0 Å². The Morgan fingerprint density at radius 3 is 2.18 bits per heavy atom. The molecule has 2 saturated heterocycles. The van der Waals surface area contributed by atoms with Crippen LogP contribution in [0.4, 0.5) is 0 Å². The van der Waals surface area contributed by atoms with Crippen LogP contribution in [-0.2, 0) is 4.79 Å². The summed E-state index contributed by atoms with van der Waals surface area (Å²) in [6.45, 7) is 6.44. The van der Waals surface area contributed by atoms with E-state index in [2.05, 4.69) is 23.8 Å². The maximum Gasteiger partial charge on any atom is 0.225 e. The summed E-state index contributed by atoms with van der Waals surface area (Å²) < 4.78 is 0. The summed E-state index contributed by atoms with van der Waals surface area (Å²) >= 11 is 0. The van der Waals surface area contributed by atoms with E-state index in [9.17, 15) is 4.79 Å². The third-order valence-electron chi connectivity index (χ3n) is 4.57. The SMILES string of the molecule is CCC1CCN(C(=O)C2CCN(C)CC2)CC1. The van der Waals surface area contributed by atoms with Gasteiger partial charge >= 0.3 is 0 Å². The molecule has 0 aromatic rings. The highest BCUT2D eigenvalue weighted by Crippen LogP contribution is 2.24. The second-order valence-corrected chi connectivity index (χ2v) is 5.75. The molecule has 0 unspecified atom stereocenters. The average molecular weight is 238 g/mol. The molecule has 2 aliphatic rings. The first-order chi connectivity index (χ1) is 8.20. The first-order valence-electron chi connectivity index (χ1n) is 7.18. The predicted octanol–water partition coefficient (Wildman–Crippen LogP) is 1.98. The summed E-state index contributed by atoms with van der Waals surface area (Å²) in [5.41, 5.74) is 0. The van der Waals surface area contributed by atoms with Gasteiger partial charge in [-0.2, -0.15) is 0 Å². The zero-order valence-corrected chi connectivity index (χ0v) is 11.3. The van der Waals surface area contributed by atoms with Crippen LogP contribution >= 0.6 is 0 Å². The van der Waals surface area contributed by atoms with Gasteiger partial charge in [0.15, 0.2) is 0 Å². The Morgan fingerprint density at radius 1 is 1.06 bits per heavy atom. The van der Waals surface area contributed by atoms with Gasteiger partial charge in [-0.25, -0.2) is 0 Å². The van der Waals surface area contributed by atoms with Gasteiger partial charge in [0.05, 0.1) is 0 Å². The van der Waals surface area contributed by atoms with Crippen LogP contribution in [-0.4, -0.2) is 48.9 Å². The standard InChI is InChI=1S/C14H26N2O/c1-3-12-4-10-16(11-5-12)14(17)13-6-8-15(2)9-7-13/h12-13H,3-11H2,1-2H3. The highest BCUT2D eigenvalue weighted by molar-refractivity contribution is 5.79. The number of likely N-dealkylation sites (tertiary alicyclic amines) is 2. The van der Waals surface area contributed by atoms with E-state index in [1.54, 1.807) is 0 Å². The number of rotatable bonds is 2. The maximum absolute atomic E-state index is 12.4. The zero-order chi connectivity index (χ0) is 12.3. The molecular formula is C14H26N2O. The molecule has 3 nitrogen and oxygen atoms in total. The van der Waals surface area contributed by atoms with Gasteiger partial charge in [-0.05, 0) is 51.7 Å². The van der Waals surface area contributed by atoms with E-state index < -0.39 is 0 Å². The molecule has 0 spiro atoms. The number of amides is 1. The van der Waals surface area contributed by atoms with E-state index in [-0.39, 0.29) is 0 Å². The van der Waals surface area contributed by atoms with Crippen LogP contribution < -0.4 is 0 Å². The summed E-state index contributed by atoms with van der Waals surface area (Å²) in [4.78, 5) is 16.8. The van der Waals surface area contributed by atoms with E-state index in [0.717, 1.165) is 44.9 Å². The molecule has 1 amide bonds. The lowest BCUT2D eigenvalue weighted by Crippen LogP contribution is -2.44. The molecule has 0 atom stereocenters. The van der Waals surface area contributed by atoms with Gasteiger partial charge in [0.25, 0.3) is 0 Å². The molecule has 0 aromatic carbocycles. The first-order valence-corrected chi connectivity index (χ1v) is 7.18. The zero-order valence-electron chi connectivity index (χ0n) is 11.3. The fraction of sp³-hybridized carbons (Fsp3) is 0.929. The van der Waals surface area contributed by atoms with Crippen LogP contribution in [0.1, 0.15) is 39.0 Å². The minimum Gasteiger partial charge on any atom is -0.342 e. The summed E-state index contributed by atoms with van der Waals surface area (Å²) in [7, 11) is 2.15. The highest BCUT2D eigenvalue weighted by atomic mass is 16.2. The van der Waals surface area contributed by atoms with Crippen molar-refractivity contribution in [2.24, 2.45) is 11.8 Å². The topological polar surface area (TPSA) is 23.6 Å². The summed E-state index contributed by atoms with van der Waals surface area (Å²) in [5, 5.41) is 0. The largest absolute Gasteiger partial charge is 0.342 e. The van der Waals surface area contributed by atoms with Crippen molar-refractivity contribution in [3.63, 3.8) is 0 Å². The molecule has 2 rings (SSSR count). The van der Waals surface area contributed by atoms with Crippen LogP contribution in [0.3, 0.4) is 0 Å². The molecular weight excluding hydrogens is 212 g/mol. The third-order valence-corrected chi connectivity index (χ3v) is 4.57. The monoisotopic (exact) mass is 238 g/mol. The van der Waals surface area contributed by atoms with Crippen molar-refractivity contribution >= 4 is 5.91 Å². The molecule has 0 N–H and O–H groups in total. The predicted molar refractivity (Wildman–Crippen MR) is 69.8 cm³/mol. The van der Waals surface area contributed by atoms with Crippen molar-refractivity contribution in [1.82, 2.24) is 9.80 Å². The Hall–Kier alpha value is -0.570. The van der Waals surface area contributed by atoms with E-state index in [1.165, 1.54) is 19.3 Å². The molecule has 0 saturated carbocycles. The Kier molecular flexibility index (Phi) is 4.43. The van der Waals surface area contributed by atoms with Crippen LogP contribution in [0, 0.1) is 11.8 Å². The van der Waals surface area contributed by atoms with Gasteiger partial charge < -0.3 is 9.80 Å². The van der Waals surface area contributed by atoms with Crippen molar-refractivity contribution in [2.75, 3.05) is 33.2 Å². The van der Waals surface area contributed by atoms with Gasteiger partial charge in [-0.15, -0.1) is 0 Å². The molecule has 0 aliphatic carbocycles. The number of carbonyl (C=O) groups excluding carboxylic acids is 1. The molecule has 17 heavy (non-hydrogen) atoms. The lowest BCUT2D eigenvalue weighted by atomic mass is 9.91. The van der Waals surface area contributed by atoms with Crippen molar-refractivity contribution in [2.45, 2.75) is 39.0 Å². The normalized spacial score (nSPS) is 25.2. The molecule has 98 valence electrons. The molecule has 0 aromatic heterocycles. The van der Waals surface area contributed by atoms with Crippen molar-refractivity contribution in [3.8, 4) is 0 Å². The second-order valence-electron chi connectivity index (χ2n) is 5.75. The number of carbonyl (C=O) groups is 1. The number of hydrogen-bond acceptors (Lipinski definition) is 2. The fourth-order valence-corrected chi connectivity index (χ4v) is 3.08. The highest BCUT2D eigenvalue weighted by Gasteiger charge is 2.29. The fourth-order valence-electron chi connectivity index (χ4n) is 3.08. The average Bonchev–Trinajstić information content (AvgIpc) is 2.39. The van der Waals surface area contributed by atoms with Crippen molar-refractivity contribution < 1.29 is 4.79 Å². The first kappa shape index (κ1) is 12.9. The van der Waals surface area contributed by atoms with Crippen molar-refractivity contribution in [3.05, 3.63) is 0 Å². The maximum atomic E-state index is 12.4. The van der Waals surface area contributed by atoms with Gasteiger partial charge in [0, 0.05) is 19.0 Å². The minimum atomic E-state index is 0.310. The number of hydrogen-bond donors (Lipinski definition) is 0. The minimum absolute atomic E-state index is 0.310. The second kappa shape index (κ2) is 5.85. The number of nitrogens with zero attached hydrogens (tertiary/aromatic N) is 2. The molecule has 2 heterocycles. The lowest BCUT2D eigenvalue weighted by Gasteiger charge is -2.36. The van der Waals surface area contributed by atoms with E-state index in [0.29, 0.717) is 11.8 Å². The third kappa shape index (κ3) is 3.21. The van der Waals surface area contributed by atoms with E-state index >= 15 is 0 Å². The Labute approximate surface area is 105 Å². The molecule has 0 radical (unpaired) electrons. The quantitative estimate of drug-likeness (QED) is 0.734.